The lowest BCUT2D eigenvalue weighted by molar-refractivity contribution is 0.0778. The molecule has 1 aromatic rings. The van der Waals surface area contributed by atoms with Crippen LogP contribution in [-0.4, -0.2) is 60.6 Å². The number of carbonyl (C=O) groups is 1. The van der Waals surface area contributed by atoms with Gasteiger partial charge in [-0.3, -0.25) is 4.79 Å². The summed E-state index contributed by atoms with van der Waals surface area (Å²) < 4.78 is 0.814. The van der Waals surface area contributed by atoms with E-state index in [1.165, 1.54) is 0 Å². The molecule has 1 amide bonds. The van der Waals surface area contributed by atoms with E-state index in [0.29, 0.717) is 18.7 Å². The fourth-order valence-corrected chi connectivity index (χ4v) is 3.04. The predicted octanol–water partition coefficient (Wildman–Crippen LogP) is 1.44. The van der Waals surface area contributed by atoms with Gasteiger partial charge in [-0.2, -0.15) is 0 Å². The number of halogens is 1. The van der Waals surface area contributed by atoms with Crippen LogP contribution >= 0.6 is 15.9 Å². The van der Waals surface area contributed by atoms with E-state index in [2.05, 4.69) is 20.8 Å². The standard InChI is InChI=1S/C14H19BrN2O2/c1-16(2)13-8-17(7-10(13)9-18)14(19)11-5-3-4-6-12(11)15/h3-6,10,13,18H,7-9H2,1-2H3/t10-,13+/m0/s1. The topological polar surface area (TPSA) is 43.8 Å². The molecule has 0 bridgehead atoms. The Bertz CT molecular complexity index is 465. The number of nitrogens with zero attached hydrogens (tertiary/aromatic N) is 2. The Labute approximate surface area is 122 Å². The molecule has 1 fully saturated rings. The zero-order valence-corrected chi connectivity index (χ0v) is 12.8. The molecule has 5 heteroatoms. The number of rotatable bonds is 3. The van der Waals surface area contributed by atoms with Crippen molar-refractivity contribution in [2.75, 3.05) is 33.8 Å². The van der Waals surface area contributed by atoms with E-state index >= 15 is 0 Å². The minimum absolute atomic E-state index is 0.0234. The van der Waals surface area contributed by atoms with Crippen molar-refractivity contribution in [3.8, 4) is 0 Å². The highest BCUT2D eigenvalue weighted by Crippen LogP contribution is 2.24. The summed E-state index contributed by atoms with van der Waals surface area (Å²) in [7, 11) is 3.97. The monoisotopic (exact) mass is 326 g/mol. The molecule has 1 aliphatic rings. The first-order chi connectivity index (χ1) is 9.04. The molecule has 1 heterocycles. The van der Waals surface area contributed by atoms with Crippen LogP contribution in [0.3, 0.4) is 0 Å². The number of likely N-dealkylation sites (tertiary alicyclic amines) is 1. The Kier molecular flexibility index (Phi) is 4.60. The molecule has 2 rings (SSSR count). The number of likely N-dealkylation sites (N-methyl/N-ethyl adjacent to an activating group) is 1. The smallest absolute Gasteiger partial charge is 0.255 e. The lowest BCUT2D eigenvalue weighted by Gasteiger charge is -2.23. The number of carbonyl (C=O) groups excluding carboxylic acids is 1. The van der Waals surface area contributed by atoms with E-state index in [1.54, 1.807) is 0 Å². The van der Waals surface area contributed by atoms with Crippen molar-refractivity contribution in [3.63, 3.8) is 0 Å². The van der Waals surface area contributed by atoms with E-state index in [-0.39, 0.29) is 24.5 Å². The van der Waals surface area contributed by atoms with Gasteiger partial charge in [0.05, 0.1) is 5.56 Å². The van der Waals surface area contributed by atoms with Gasteiger partial charge >= 0.3 is 0 Å². The fourth-order valence-electron chi connectivity index (χ4n) is 2.59. The lowest BCUT2D eigenvalue weighted by Crippen LogP contribution is -2.37. The predicted molar refractivity (Wildman–Crippen MR) is 78.1 cm³/mol. The molecule has 0 aromatic heterocycles. The molecule has 4 nitrogen and oxygen atoms in total. The Balaban J connectivity index is 2.16. The van der Waals surface area contributed by atoms with Gasteiger partial charge in [-0.1, -0.05) is 12.1 Å². The molecule has 1 aliphatic heterocycles. The number of benzene rings is 1. The number of hydrogen-bond donors (Lipinski definition) is 1. The molecule has 1 aromatic carbocycles. The largest absolute Gasteiger partial charge is 0.396 e. The van der Waals surface area contributed by atoms with Gasteiger partial charge in [0.25, 0.3) is 5.91 Å². The molecule has 104 valence electrons. The van der Waals surface area contributed by atoms with Crippen LogP contribution in [0, 0.1) is 5.92 Å². The van der Waals surface area contributed by atoms with Crippen LogP contribution in [0.25, 0.3) is 0 Å². The van der Waals surface area contributed by atoms with Gasteiger partial charge < -0.3 is 14.9 Å². The van der Waals surface area contributed by atoms with Crippen molar-refractivity contribution >= 4 is 21.8 Å². The third kappa shape index (κ3) is 2.99. The summed E-state index contributed by atoms with van der Waals surface area (Å²) >= 11 is 3.41. The van der Waals surface area contributed by atoms with E-state index in [4.69, 9.17) is 0 Å². The maximum atomic E-state index is 12.5. The second-order valence-electron chi connectivity index (χ2n) is 5.16. The molecule has 1 N–H and O–H groups in total. The van der Waals surface area contributed by atoms with E-state index < -0.39 is 0 Å². The van der Waals surface area contributed by atoms with Crippen molar-refractivity contribution in [3.05, 3.63) is 34.3 Å². The van der Waals surface area contributed by atoms with Crippen molar-refractivity contribution in [2.45, 2.75) is 6.04 Å². The SMILES string of the molecule is CN(C)[C@@H]1CN(C(=O)c2ccccc2Br)C[C@H]1CO. The first kappa shape index (κ1) is 14.5. The normalized spacial score (nSPS) is 23.1. The molecule has 0 aliphatic carbocycles. The van der Waals surface area contributed by atoms with Crippen LogP contribution in [0.5, 0.6) is 0 Å². The summed E-state index contributed by atoms with van der Waals surface area (Å²) in [6.45, 7) is 1.39. The van der Waals surface area contributed by atoms with Crippen LogP contribution in [0.15, 0.2) is 28.7 Å². The lowest BCUT2D eigenvalue weighted by atomic mass is 10.0. The fraction of sp³-hybridized carbons (Fsp3) is 0.500. The number of aliphatic hydroxyl groups excluding tert-OH is 1. The second kappa shape index (κ2) is 6.03. The average molecular weight is 327 g/mol. The highest BCUT2D eigenvalue weighted by atomic mass is 79.9. The summed E-state index contributed by atoms with van der Waals surface area (Å²) in [4.78, 5) is 16.4. The average Bonchev–Trinajstić information content (AvgIpc) is 2.83. The van der Waals surface area contributed by atoms with Crippen molar-refractivity contribution in [2.24, 2.45) is 5.92 Å². The molecule has 1 saturated heterocycles. The highest BCUT2D eigenvalue weighted by Gasteiger charge is 2.36. The van der Waals surface area contributed by atoms with E-state index in [9.17, 15) is 9.90 Å². The van der Waals surface area contributed by atoms with Crippen LogP contribution in [0.2, 0.25) is 0 Å². The van der Waals surface area contributed by atoms with Gasteiger partial charge in [0, 0.05) is 36.1 Å². The minimum atomic E-state index is 0.0234. The molecule has 0 radical (unpaired) electrons. The molecule has 19 heavy (non-hydrogen) atoms. The summed E-state index contributed by atoms with van der Waals surface area (Å²) in [5.41, 5.74) is 0.679. The molecule has 0 spiro atoms. The first-order valence-corrected chi connectivity index (χ1v) is 7.15. The minimum Gasteiger partial charge on any atom is -0.396 e. The Hall–Kier alpha value is -0.910. The first-order valence-electron chi connectivity index (χ1n) is 6.35. The van der Waals surface area contributed by atoms with Gasteiger partial charge in [-0.05, 0) is 42.2 Å². The Morgan fingerprint density at radius 2 is 2.11 bits per heavy atom. The van der Waals surface area contributed by atoms with Gasteiger partial charge in [0.2, 0.25) is 0 Å². The maximum Gasteiger partial charge on any atom is 0.255 e. The van der Waals surface area contributed by atoms with Crippen LogP contribution in [-0.2, 0) is 0 Å². The summed E-state index contributed by atoms with van der Waals surface area (Å²) in [5.74, 6) is 0.150. The maximum absolute atomic E-state index is 12.5. The van der Waals surface area contributed by atoms with Gasteiger partial charge in [-0.15, -0.1) is 0 Å². The van der Waals surface area contributed by atoms with Crippen molar-refractivity contribution in [1.29, 1.82) is 0 Å². The van der Waals surface area contributed by atoms with Crippen molar-refractivity contribution in [1.82, 2.24) is 9.80 Å². The third-order valence-corrected chi connectivity index (χ3v) is 4.39. The Morgan fingerprint density at radius 1 is 1.42 bits per heavy atom. The zero-order chi connectivity index (χ0) is 14.0. The number of aliphatic hydroxyl groups is 1. The quantitative estimate of drug-likeness (QED) is 0.914. The summed E-state index contributed by atoms with van der Waals surface area (Å²) in [6, 6.07) is 7.67. The van der Waals surface area contributed by atoms with Gasteiger partial charge in [-0.25, -0.2) is 0 Å². The highest BCUT2D eigenvalue weighted by molar-refractivity contribution is 9.10. The summed E-state index contributed by atoms with van der Waals surface area (Å²) in [5, 5.41) is 9.44. The number of hydrogen-bond acceptors (Lipinski definition) is 3. The molecule has 0 unspecified atom stereocenters. The zero-order valence-electron chi connectivity index (χ0n) is 11.2. The van der Waals surface area contributed by atoms with E-state index in [0.717, 1.165) is 4.47 Å². The van der Waals surface area contributed by atoms with Crippen LogP contribution in [0.4, 0.5) is 0 Å². The molecular formula is C14H19BrN2O2. The van der Waals surface area contributed by atoms with Crippen LogP contribution in [0.1, 0.15) is 10.4 Å². The molecule has 2 atom stereocenters. The third-order valence-electron chi connectivity index (χ3n) is 3.70. The second-order valence-corrected chi connectivity index (χ2v) is 6.02. The molecule has 0 saturated carbocycles. The van der Waals surface area contributed by atoms with Crippen molar-refractivity contribution < 1.29 is 9.90 Å². The van der Waals surface area contributed by atoms with Crippen LogP contribution < -0.4 is 0 Å². The Morgan fingerprint density at radius 3 is 2.63 bits per heavy atom. The summed E-state index contributed by atoms with van der Waals surface area (Å²) in [6.07, 6.45) is 0. The van der Waals surface area contributed by atoms with Gasteiger partial charge in [0.15, 0.2) is 0 Å². The molecular weight excluding hydrogens is 308 g/mol. The van der Waals surface area contributed by atoms with Gasteiger partial charge in [0.1, 0.15) is 0 Å². The van der Waals surface area contributed by atoms with E-state index in [1.807, 2.05) is 43.3 Å². The number of amides is 1.